The molecule has 0 atom stereocenters. The van der Waals surface area contributed by atoms with Crippen LogP contribution < -0.4 is 20.9 Å². The first kappa shape index (κ1) is 14.1. The van der Waals surface area contributed by atoms with Crippen molar-refractivity contribution >= 4 is 0 Å². The Morgan fingerprint density at radius 3 is 1.50 bits per heavy atom. The quantitative estimate of drug-likeness (QED) is 0.784. The zero-order chi connectivity index (χ0) is 15.4. The standard InChI is InChI=1S/2C9H9NO/c2*10-9-6-5-7-3-1-2-4-8(7)11-9/h2*1-4,6H,5,10H2. The van der Waals surface area contributed by atoms with Gasteiger partial charge in [-0.15, -0.1) is 0 Å². The summed E-state index contributed by atoms with van der Waals surface area (Å²) in [5, 5.41) is 0. The predicted molar refractivity (Wildman–Crippen MR) is 86.1 cm³/mol. The smallest absolute Gasteiger partial charge is 0.187 e. The fourth-order valence-corrected chi connectivity index (χ4v) is 2.30. The number of benzene rings is 2. The molecular formula is C18H18N2O2. The number of fused-ring (bicyclic) bond motifs is 2. The van der Waals surface area contributed by atoms with Crippen LogP contribution in [0.4, 0.5) is 0 Å². The molecule has 0 saturated heterocycles. The molecule has 0 fully saturated rings. The summed E-state index contributed by atoms with van der Waals surface area (Å²) in [6, 6.07) is 15.8. The number of para-hydroxylation sites is 2. The molecule has 2 heterocycles. The van der Waals surface area contributed by atoms with E-state index in [9.17, 15) is 0 Å². The first-order chi connectivity index (χ1) is 10.7. The number of nitrogens with two attached hydrogens (primary N) is 2. The lowest BCUT2D eigenvalue weighted by Gasteiger charge is -2.14. The van der Waals surface area contributed by atoms with Crippen LogP contribution in [0.2, 0.25) is 0 Å². The third-order valence-corrected chi connectivity index (χ3v) is 3.45. The van der Waals surface area contributed by atoms with E-state index in [1.54, 1.807) is 0 Å². The average Bonchev–Trinajstić information content (AvgIpc) is 2.55. The molecule has 0 bridgehead atoms. The van der Waals surface area contributed by atoms with Gasteiger partial charge >= 0.3 is 0 Å². The molecule has 0 amide bonds. The van der Waals surface area contributed by atoms with Gasteiger partial charge in [-0.05, 0) is 48.3 Å². The molecule has 4 heteroatoms. The summed E-state index contributed by atoms with van der Waals surface area (Å²) in [6.45, 7) is 0. The van der Waals surface area contributed by atoms with Gasteiger partial charge in [0.05, 0.1) is 0 Å². The Bertz CT molecular complexity index is 672. The molecule has 2 aromatic rings. The molecular weight excluding hydrogens is 276 g/mol. The number of ether oxygens (including phenoxy) is 2. The lowest BCUT2D eigenvalue weighted by molar-refractivity contribution is 0.404. The van der Waals surface area contributed by atoms with E-state index in [-0.39, 0.29) is 0 Å². The Hall–Kier alpha value is -2.88. The Morgan fingerprint density at radius 1 is 0.636 bits per heavy atom. The molecule has 2 aliphatic heterocycles. The first-order valence-corrected chi connectivity index (χ1v) is 7.15. The number of allylic oxidation sites excluding steroid dienone is 2. The van der Waals surface area contributed by atoms with Gasteiger partial charge in [-0.25, -0.2) is 0 Å². The van der Waals surface area contributed by atoms with Gasteiger partial charge in [0.15, 0.2) is 11.8 Å². The molecule has 0 radical (unpaired) electrons. The van der Waals surface area contributed by atoms with Gasteiger partial charge < -0.3 is 20.9 Å². The minimum absolute atomic E-state index is 0.503. The molecule has 22 heavy (non-hydrogen) atoms. The zero-order valence-corrected chi connectivity index (χ0v) is 12.2. The monoisotopic (exact) mass is 294 g/mol. The van der Waals surface area contributed by atoms with Crippen LogP contribution in [0.5, 0.6) is 11.5 Å². The van der Waals surface area contributed by atoms with Crippen LogP contribution in [0.15, 0.2) is 72.4 Å². The molecule has 0 aromatic heterocycles. The van der Waals surface area contributed by atoms with Crippen molar-refractivity contribution in [2.75, 3.05) is 0 Å². The second-order valence-electron chi connectivity index (χ2n) is 5.04. The Kier molecular flexibility index (Phi) is 4.01. The maximum atomic E-state index is 5.49. The Morgan fingerprint density at radius 2 is 1.05 bits per heavy atom. The van der Waals surface area contributed by atoms with Crippen LogP contribution in [0, 0.1) is 0 Å². The van der Waals surface area contributed by atoms with E-state index < -0.39 is 0 Å². The van der Waals surface area contributed by atoms with E-state index in [1.165, 1.54) is 11.1 Å². The van der Waals surface area contributed by atoms with E-state index >= 15 is 0 Å². The van der Waals surface area contributed by atoms with Crippen LogP contribution in [0.3, 0.4) is 0 Å². The van der Waals surface area contributed by atoms with Gasteiger partial charge in [0, 0.05) is 0 Å². The highest BCUT2D eigenvalue weighted by atomic mass is 16.5. The van der Waals surface area contributed by atoms with Crippen LogP contribution >= 0.6 is 0 Å². The van der Waals surface area contributed by atoms with Gasteiger partial charge in [0.2, 0.25) is 0 Å². The number of rotatable bonds is 0. The maximum absolute atomic E-state index is 5.49. The molecule has 4 nitrogen and oxygen atoms in total. The second kappa shape index (κ2) is 6.26. The molecule has 112 valence electrons. The van der Waals surface area contributed by atoms with Crippen molar-refractivity contribution in [3.8, 4) is 11.5 Å². The lowest BCUT2D eigenvalue weighted by atomic mass is 10.1. The fourth-order valence-electron chi connectivity index (χ4n) is 2.30. The highest BCUT2D eigenvalue weighted by molar-refractivity contribution is 5.39. The van der Waals surface area contributed by atoms with Gasteiger partial charge in [-0.1, -0.05) is 36.4 Å². The van der Waals surface area contributed by atoms with Crippen molar-refractivity contribution in [3.05, 3.63) is 83.6 Å². The number of hydrogen-bond acceptors (Lipinski definition) is 4. The first-order valence-electron chi connectivity index (χ1n) is 7.15. The maximum Gasteiger partial charge on any atom is 0.187 e. The normalized spacial score (nSPS) is 14.7. The largest absolute Gasteiger partial charge is 0.442 e. The summed E-state index contributed by atoms with van der Waals surface area (Å²) in [6.07, 6.45) is 5.51. The molecule has 4 N–H and O–H groups in total. The summed E-state index contributed by atoms with van der Waals surface area (Å²) in [5.74, 6) is 2.77. The molecule has 0 saturated carbocycles. The van der Waals surface area contributed by atoms with Crippen LogP contribution in [0.1, 0.15) is 11.1 Å². The molecule has 0 aliphatic carbocycles. The highest BCUT2D eigenvalue weighted by Gasteiger charge is 2.08. The van der Waals surface area contributed by atoms with E-state index in [1.807, 2.05) is 60.7 Å². The average molecular weight is 294 g/mol. The second-order valence-corrected chi connectivity index (χ2v) is 5.04. The van der Waals surface area contributed by atoms with E-state index in [2.05, 4.69) is 0 Å². The van der Waals surface area contributed by atoms with E-state index in [0.29, 0.717) is 11.8 Å². The van der Waals surface area contributed by atoms with Gasteiger partial charge in [-0.2, -0.15) is 0 Å². The minimum atomic E-state index is 0.503. The molecule has 4 rings (SSSR count). The molecule has 2 aromatic carbocycles. The van der Waals surface area contributed by atoms with Gasteiger partial charge in [0.25, 0.3) is 0 Å². The molecule has 0 spiro atoms. The van der Waals surface area contributed by atoms with E-state index in [0.717, 1.165) is 24.3 Å². The molecule has 2 aliphatic rings. The topological polar surface area (TPSA) is 70.5 Å². The Balaban J connectivity index is 0.000000131. The summed E-state index contributed by atoms with van der Waals surface area (Å²) in [7, 11) is 0. The predicted octanol–water partition coefficient (Wildman–Crippen LogP) is 2.84. The van der Waals surface area contributed by atoms with Crippen LogP contribution in [0.25, 0.3) is 0 Å². The van der Waals surface area contributed by atoms with Crippen LogP contribution in [-0.4, -0.2) is 0 Å². The van der Waals surface area contributed by atoms with Crippen molar-refractivity contribution in [1.29, 1.82) is 0 Å². The zero-order valence-electron chi connectivity index (χ0n) is 12.2. The van der Waals surface area contributed by atoms with Crippen molar-refractivity contribution in [2.45, 2.75) is 12.8 Å². The summed E-state index contributed by atoms with van der Waals surface area (Å²) in [5.41, 5.74) is 13.4. The summed E-state index contributed by atoms with van der Waals surface area (Å²) in [4.78, 5) is 0. The van der Waals surface area contributed by atoms with Crippen LogP contribution in [-0.2, 0) is 12.8 Å². The van der Waals surface area contributed by atoms with Crippen molar-refractivity contribution in [2.24, 2.45) is 11.5 Å². The van der Waals surface area contributed by atoms with Gasteiger partial charge in [-0.3, -0.25) is 0 Å². The van der Waals surface area contributed by atoms with Gasteiger partial charge in [0.1, 0.15) is 11.5 Å². The fraction of sp³-hybridized carbons (Fsp3) is 0.111. The molecule has 0 unspecified atom stereocenters. The van der Waals surface area contributed by atoms with E-state index in [4.69, 9.17) is 20.9 Å². The SMILES string of the molecule is NC1=CCc2ccccc2O1.NC1=CCc2ccccc2O1. The van der Waals surface area contributed by atoms with Crippen molar-refractivity contribution in [3.63, 3.8) is 0 Å². The third-order valence-electron chi connectivity index (χ3n) is 3.45. The summed E-state index contributed by atoms with van der Waals surface area (Å²) < 4.78 is 10.5. The summed E-state index contributed by atoms with van der Waals surface area (Å²) >= 11 is 0. The highest BCUT2D eigenvalue weighted by Crippen LogP contribution is 2.24. The van der Waals surface area contributed by atoms with Crippen molar-refractivity contribution in [1.82, 2.24) is 0 Å². The Labute approximate surface area is 129 Å². The number of hydrogen-bond donors (Lipinski definition) is 2. The lowest BCUT2D eigenvalue weighted by Crippen LogP contribution is -2.11. The van der Waals surface area contributed by atoms with Crippen molar-refractivity contribution < 1.29 is 9.47 Å². The third kappa shape index (κ3) is 3.23. The minimum Gasteiger partial charge on any atom is -0.442 e.